The van der Waals surface area contributed by atoms with Crippen LogP contribution in [0.15, 0.2) is 42.7 Å². The van der Waals surface area contributed by atoms with E-state index >= 15 is 0 Å². The topological polar surface area (TPSA) is 62.2 Å². The minimum atomic E-state index is -0.246. The first kappa shape index (κ1) is 21.1. The highest BCUT2D eigenvalue weighted by molar-refractivity contribution is 5.82. The fraction of sp³-hybridized carbons (Fsp3) is 0.440. The Morgan fingerprint density at radius 3 is 2.56 bits per heavy atom. The van der Waals surface area contributed by atoms with Crippen LogP contribution in [0.3, 0.4) is 0 Å². The van der Waals surface area contributed by atoms with Crippen molar-refractivity contribution in [2.75, 3.05) is 13.1 Å². The first-order chi connectivity index (χ1) is 15.5. The molecule has 168 valence electrons. The van der Waals surface area contributed by atoms with Gasteiger partial charge in [0.25, 0.3) is 0 Å². The highest BCUT2D eigenvalue weighted by atomic mass is 19.1. The minimum absolute atomic E-state index is 0.0173. The number of imidazole rings is 1. The largest absolute Gasteiger partial charge is 0.341 e. The number of benzene rings is 2. The molecule has 2 aromatic carbocycles. The van der Waals surface area contributed by atoms with Crippen molar-refractivity contribution < 1.29 is 9.18 Å². The summed E-state index contributed by atoms with van der Waals surface area (Å²) >= 11 is 0. The molecule has 32 heavy (non-hydrogen) atoms. The molecular weight excluding hydrogens is 405 g/mol. The maximum absolute atomic E-state index is 13.2. The molecule has 0 bridgehead atoms. The summed E-state index contributed by atoms with van der Waals surface area (Å²) in [5, 5.41) is 0. The van der Waals surface area contributed by atoms with E-state index in [4.69, 9.17) is 0 Å². The zero-order valence-corrected chi connectivity index (χ0v) is 18.6. The van der Waals surface area contributed by atoms with E-state index in [1.165, 1.54) is 28.8 Å². The van der Waals surface area contributed by atoms with Crippen molar-refractivity contribution in [3.63, 3.8) is 0 Å². The fourth-order valence-corrected chi connectivity index (χ4v) is 4.93. The van der Waals surface area contributed by atoms with Crippen LogP contribution >= 0.6 is 0 Å². The molecule has 6 nitrogen and oxygen atoms in total. The van der Waals surface area contributed by atoms with Crippen molar-refractivity contribution in [3.05, 3.63) is 65.2 Å². The number of carbonyl (C=O) groups is 1. The second kappa shape index (κ2) is 8.64. The summed E-state index contributed by atoms with van der Waals surface area (Å²) in [6.45, 7) is 6.78. The Bertz CT molecular complexity index is 1120. The van der Waals surface area contributed by atoms with Gasteiger partial charge in [-0.1, -0.05) is 12.1 Å². The summed E-state index contributed by atoms with van der Waals surface area (Å²) < 4.78 is 15.4. The van der Waals surface area contributed by atoms with Gasteiger partial charge >= 0.3 is 0 Å². The Morgan fingerprint density at radius 2 is 1.81 bits per heavy atom. The van der Waals surface area contributed by atoms with Crippen molar-refractivity contribution in [1.29, 1.82) is 0 Å². The van der Waals surface area contributed by atoms with Crippen LogP contribution in [0.25, 0.3) is 11.0 Å². The van der Waals surface area contributed by atoms with Gasteiger partial charge in [-0.25, -0.2) is 20.2 Å². The molecule has 0 aliphatic carbocycles. The van der Waals surface area contributed by atoms with Crippen LogP contribution in [0.4, 0.5) is 4.39 Å². The van der Waals surface area contributed by atoms with Crippen molar-refractivity contribution >= 4 is 16.9 Å². The Balaban J connectivity index is 1.16. The molecule has 2 saturated heterocycles. The molecule has 0 radical (unpaired) electrons. The van der Waals surface area contributed by atoms with Gasteiger partial charge in [0, 0.05) is 25.7 Å². The number of hydrogen-bond acceptors (Lipinski definition) is 4. The van der Waals surface area contributed by atoms with Crippen LogP contribution < -0.4 is 10.9 Å². The number of halogens is 1. The third kappa shape index (κ3) is 4.14. The minimum Gasteiger partial charge on any atom is -0.341 e. The molecule has 3 aromatic rings. The predicted molar refractivity (Wildman–Crippen MR) is 122 cm³/mol. The summed E-state index contributed by atoms with van der Waals surface area (Å²) in [5.74, 6) is 0.448. The lowest BCUT2D eigenvalue weighted by Gasteiger charge is -2.33. The fourth-order valence-electron chi connectivity index (χ4n) is 4.93. The maximum atomic E-state index is 13.2. The van der Waals surface area contributed by atoms with E-state index in [9.17, 15) is 9.18 Å². The van der Waals surface area contributed by atoms with E-state index in [-0.39, 0.29) is 23.8 Å². The Morgan fingerprint density at radius 1 is 1.09 bits per heavy atom. The van der Waals surface area contributed by atoms with Crippen molar-refractivity contribution in [2.45, 2.75) is 51.7 Å². The Labute approximate surface area is 187 Å². The second-order valence-electron chi connectivity index (χ2n) is 9.27. The first-order valence-electron chi connectivity index (χ1n) is 11.5. The quantitative estimate of drug-likeness (QED) is 0.657. The van der Waals surface area contributed by atoms with Crippen LogP contribution in [0, 0.1) is 25.6 Å². The van der Waals surface area contributed by atoms with E-state index in [1.807, 2.05) is 11.2 Å². The second-order valence-corrected chi connectivity index (χ2v) is 9.27. The van der Waals surface area contributed by atoms with Crippen LogP contribution in [-0.2, 0) is 11.3 Å². The molecule has 2 unspecified atom stereocenters. The molecule has 7 heteroatoms. The van der Waals surface area contributed by atoms with Gasteiger partial charge in [0.1, 0.15) is 11.9 Å². The number of likely N-dealkylation sites (tertiary alicyclic amines) is 1. The molecule has 2 N–H and O–H groups in total. The lowest BCUT2D eigenvalue weighted by molar-refractivity contribution is -0.134. The Hall–Kier alpha value is -2.77. The number of amides is 1. The summed E-state index contributed by atoms with van der Waals surface area (Å²) in [6.07, 6.45) is 4.62. The number of rotatable bonds is 4. The third-order valence-corrected chi connectivity index (χ3v) is 7.09. The van der Waals surface area contributed by atoms with E-state index < -0.39 is 0 Å². The molecule has 2 aliphatic heterocycles. The number of nitrogens with zero attached hydrogens (tertiary/aromatic N) is 3. The van der Waals surface area contributed by atoms with Gasteiger partial charge in [-0.15, -0.1) is 0 Å². The number of nitrogens with one attached hydrogen (secondary N) is 2. The third-order valence-electron chi connectivity index (χ3n) is 7.09. The average molecular weight is 436 g/mol. The van der Waals surface area contributed by atoms with E-state index in [0.29, 0.717) is 12.3 Å². The van der Waals surface area contributed by atoms with Gasteiger partial charge in [0.05, 0.1) is 17.4 Å². The van der Waals surface area contributed by atoms with Crippen LogP contribution in [0.2, 0.25) is 0 Å². The standard InChI is InChI=1S/C25H30FN5O/c1-16-11-22-24(12-17(16)2)31(15-27-22)14-18-7-9-30(10-8-18)25(32)23-13-21(28-29-23)19-3-5-20(26)6-4-19/h3-6,11-12,15,18,21,23,28-29H,7-10,13-14H2,1-2H3. The smallest absolute Gasteiger partial charge is 0.241 e. The summed E-state index contributed by atoms with van der Waals surface area (Å²) in [5.41, 5.74) is 12.1. The molecule has 0 saturated carbocycles. The zero-order valence-electron chi connectivity index (χ0n) is 18.6. The number of hydrazine groups is 1. The lowest BCUT2D eigenvalue weighted by Crippen LogP contribution is -2.48. The van der Waals surface area contributed by atoms with Crippen LogP contribution in [-0.4, -0.2) is 39.5 Å². The zero-order chi connectivity index (χ0) is 22.2. The Kier molecular flexibility index (Phi) is 5.69. The molecule has 2 fully saturated rings. The van der Waals surface area contributed by atoms with E-state index in [1.54, 1.807) is 12.1 Å². The summed E-state index contributed by atoms with van der Waals surface area (Å²) in [7, 11) is 0. The van der Waals surface area contributed by atoms with Gasteiger partial charge in [-0.3, -0.25) is 4.79 Å². The van der Waals surface area contributed by atoms with Gasteiger partial charge in [0.15, 0.2) is 0 Å². The molecule has 5 rings (SSSR count). The van der Waals surface area contributed by atoms with Gasteiger partial charge in [-0.05, 0) is 80.0 Å². The SMILES string of the molecule is Cc1cc2ncn(CC3CCN(C(=O)C4CC(c5ccc(F)cc5)NN4)CC3)c2cc1C. The first-order valence-corrected chi connectivity index (χ1v) is 11.5. The van der Waals surface area contributed by atoms with Gasteiger partial charge in [-0.2, -0.15) is 0 Å². The number of aromatic nitrogens is 2. The van der Waals surface area contributed by atoms with Gasteiger partial charge < -0.3 is 9.47 Å². The molecule has 1 amide bonds. The molecule has 3 heterocycles. The monoisotopic (exact) mass is 435 g/mol. The predicted octanol–water partition coefficient (Wildman–Crippen LogP) is 3.64. The van der Waals surface area contributed by atoms with E-state index in [0.717, 1.165) is 43.6 Å². The molecule has 2 atom stereocenters. The van der Waals surface area contributed by atoms with Gasteiger partial charge in [0.2, 0.25) is 5.91 Å². The molecule has 2 aliphatic rings. The number of aryl methyl sites for hydroxylation is 2. The average Bonchev–Trinajstić information content (AvgIpc) is 3.43. The van der Waals surface area contributed by atoms with Crippen molar-refractivity contribution in [2.24, 2.45) is 5.92 Å². The highest BCUT2D eigenvalue weighted by Crippen LogP contribution is 2.27. The number of fused-ring (bicyclic) bond motifs is 1. The van der Waals surface area contributed by atoms with Crippen LogP contribution in [0.5, 0.6) is 0 Å². The van der Waals surface area contributed by atoms with Crippen molar-refractivity contribution in [3.8, 4) is 0 Å². The molecule has 0 spiro atoms. The summed E-state index contributed by atoms with van der Waals surface area (Å²) in [4.78, 5) is 19.6. The maximum Gasteiger partial charge on any atom is 0.241 e. The normalized spacial score (nSPS) is 22.0. The molecule has 1 aromatic heterocycles. The lowest BCUT2D eigenvalue weighted by atomic mass is 9.95. The van der Waals surface area contributed by atoms with E-state index in [2.05, 4.69) is 46.4 Å². The number of carbonyl (C=O) groups excluding carboxylic acids is 1. The van der Waals surface area contributed by atoms with Crippen LogP contribution in [0.1, 0.15) is 42.0 Å². The number of hydrogen-bond donors (Lipinski definition) is 2. The summed E-state index contributed by atoms with van der Waals surface area (Å²) in [6, 6.07) is 10.6. The highest BCUT2D eigenvalue weighted by Gasteiger charge is 2.34. The number of piperidine rings is 1. The molecular formula is C25H30FN5O. The van der Waals surface area contributed by atoms with Crippen molar-refractivity contribution in [1.82, 2.24) is 25.3 Å².